The summed E-state index contributed by atoms with van der Waals surface area (Å²) in [5.74, 6) is 0.832. The van der Waals surface area contributed by atoms with Crippen LogP contribution in [0.15, 0.2) is 17.6 Å². The molecule has 20 heavy (non-hydrogen) atoms. The molecule has 0 spiro atoms. The van der Waals surface area contributed by atoms with Gasteiger partial charge in [-0.05, 0) is 39.7 Å². The predicted octanol–water partition coefficient (Wildman–Crippen LogP) is 1.71. The van der Waals surface area contributed by atoms with Crippen LogP contribution in [0.4, 0.5) is 0 Å². The van der Waals surface area contributed by atoms with Crippen molar-refractivity contribution >= 4 is 5.96 Å². The van der Waals surface area contributed by atoms with Gasteiger partial charge in [0.25, 0.3) is 0 Å². The van der Waals surface area contributed by atoms with Crippen molar-refractivity contribution in [3.63, 3.8) is 0 Å². The van der Waals surface area contributed by atoms with Gasteiger partial charge < -0.3 is 10.6 Å². The fourth-order valence-corrected chi connectivity index (χ4v) is 2.18. The second-order valence-corrected chi connectivity index (χ2v) is 5.03. The molecule has 0 fully saturated rings. The summed E-state index contributed by atoms with van der Waals surface area (Å²) in [5, 5.41) is 11.1. The van der Waals surface area contributed by atoms with E-state index in [4.69, 9.17) is 0 Å². The van der Waals surface area contributed by atoms with Gasteiger partial charge in [-0.25, -0.2) is 4.99 Å². The predicted molar refractivity (Wildman–Crippen MR) is 85.2 cm³/mol. The average Bonchev–Trinajstić information content (AvgIpc) is 2.63. The third kappa shape index (κ3) is 4.40. The van der Waals surface area contributed by atoms with Crippen molar-refractivity contribution in [2.75, 3.05) is 13.1 Å². The lowest BCUT2D eigenvalue weighted by Gasteiger charge is -2.18. The Kier molecular flexibility index (Phi) is 6.28. The maximum atomic E-state index is 4.46. The van der Waals surface area contributed by atoms with E-state index < -0.39 is 0 Å². The van der Waals surface area contributed by atoms with Crippen LogP contribution < -0.4 is 10.6 Å². The molecule has 1 aromatic rings. The van der Waals surface area contributed by atoms with Gasteiger partial charge in [-0.15, -0.1) is 6.58 Å². The number of hydrogen-bond donors (Lipinski definition) is 2. The molecule has 0 aliphatic carbocycles. The number of aliphatic imine (C=N–C) groups is 1. The van der Waals surface area contributed by atoms with E-state index in [1.165, 1.54) is 11.3 Å². The monoisotopic (exact) mass is 277 g/mol. The molecule has 0 radical (unpaired) electrons. The Bertz CT molecular complexity index is 473. The highest BCUT2D eigenvalue weighted by molar-refractivity contribution is 5.80. The summed E-state index contributed by atoms with van der Waals surface area (Å²) in [4.78, 5) is 4.42. The zero-order valence-electron chi connectivity index (χ0n) is 13.3. The van der Waals surface area contributed by atoms with Crippen molar-refractivity contribution in [1.29, 1.82) is 0 Å². The van der Waals surface area contributed by atoms with Gasteiger partial charge in [0.05, 0.1) is 12.2 Å². The summed E-state index contributed by atoms with van der Waals surface area (Å²) >= 11 is 0. The first-order valence-electron chi connectivity index (χ1n) is 7.14. The Balaban J connectivity index is 2.70. The smallest absolute Gasteiger partial charge is 0.191 e. The fraction of sp³-hybridized carbons (Fsp3) is 0.600. The number of aryl methyl sites for hydroxylation is 2. The molecular formula is C15H27N5. The number of aromatic nitrogens is 2. The lowest BCUT2D eigenvalue weighted by Crippen LogP contribution is -2.43. The molecule has 1 aromatic heterocycles. The van der Waals surface area contributed by atoms with Crippen molar-refractivity contribution in [1.82, 2.24) is 20.4 Å². The molecule has 112 valence electrons. The van der Waals surface area contributed by atoms with Crippen LogP contribution in [0, 0.1) is 13.8 Å². The summed E-state index contributed by atoms with van der Waals surface area (Å²) in [6.45, 7) is 13.5. The van der Waals surface area contributed by atoms with E-state index in [2.05, 4.69) is 55.0 Å². The topological polar surface area (TPSA) is 54.2 Å². The highest BCUT2D eigenvalue weighted by atomic mass is 15.3. The first kappa shape index (κ1) is 16.3. The van der Waals surface area contributed by atoms with Crippen molar-refractivity contribution in [3.05, 3.63) is 29.6 Å². The van der Waals surface area contributed by atoms with Crippen LogP contribution >= 0.6 is 0 Å². The quantitative estimate of drug-likeness (QED) is 0.473. The Labute approximate surface area is 122 Å². The Morgan fingerprint density at radius 2 is 2.20 bits per heavy atom. The molecule has 0 saturated carbocycles. The SMILES string of the molecule is C=CCN=C(NCC)NC(C)Cc1c(C)nn(C)c1C. The maximum absolute atomic E-state index is 4.46. The van der Waals surface area contributed by atoms with Gasteiger partial charge in [0.1, 0.15) is 0 Å². The molecular weight excluding hydrogens is 250 g/mol. The van der Waals surface area contributed by atoms with Gasteiger partial charge >= 0.3 is 0 Å². The van der Waals surface area contributed by atoms with Crippen LogP contribution in [0.5, 0.6) is 0 Å². The third-order valence-corrected chi connectivity index (χ3v) is 3.28. The average molecular weight is 277 g/mol. The lowest BCUT2D eigenvalue weighted by molar-refractivity contribution is 0.637. The molecule has 0 bridgehead atoms. The van der Waals surface area contributed by atoms with Crippen LogP contribution in [0.1, 0.15) is 30.8 Å². The van der Waals surface area contributed by atoms with Crippen LogP contribution in [0.2, 0.25) is 0 Å². The van der Waals surface area contributed by atoms with Crippen LogP contribution in [-0.2, 0) is 13.5 Å². The molecule has 1 heterocycles. The summed E-state index contributed by atoms with van der Waals surface area (Å²) < 4.78 is 1.94. The number of rotatable bonds is 6. The van der Waals surface area contributed by atoms with E-state index in [1.807, 2.05) is 11.7 Å². The van der Waals surface area contributed by atoms with Gasteiger partial charge in [0.2, 0.25) is 0 Å². The molecule has 0 saturated heterocycles. The van der Waals surface area contributed by atoms with Crippen molar-refractivity contribution in [3.8, 4) is 0 Å². The minimum absolute atomic E-state index is 0.291. The van der Waals surface area contributed by atoms with Crippen LogP contribution in [0.25, 0.3) is 0 Å². The van der Waals surface area contributed by atoms with Crippen molar-refractivity contribution in [2.24, 2.45) is 12.0 Å². The summed E-state index contributed by atoms with van der Waals surface area (Å²) in [5.41, 5.74) is 3.64. The Morgan fingerprint density at radius 3 is 2.70 bits per heavy atom. The normalized spacial score (nSPS) is 13.2. The molecule has 1 atom stereocenters. The minimum Gasteiger partial charge on any atom is -0.357 e. The highest BCUT2D eigenvalue weighted by Gasteiger charge is 2.13. The second-order valence-electron chi connectivity index (χ2n) is 5.03. The first-order valence-corrected chi connectivity index (χ1v) is 7.14. The fourth-order valence-electron chi connectivity index (χ4n) is 2.18. The van der Waals surface area contributed by atoms with E-state index in [1.54, 1.807) is 6.08 Å². The van der Waals surface area contributed by atoms with Gasteiger partial charge in [-0.2, -0.15) is 5.10 Å². The largest absolute Gasteiger partial charge is 0.357 e. The molecule has 5 nitrogen and oxygen atoms in total. The van der Waals surface area contributed by atoms with E-state index in [9.17, 15) is 0 Å². The molecule has 5 heteroatoms. The first-order chi connectivity index (χ1) is 9.49. The summed E-state index contributed by atoms with van der Waals surface area (Å²) in [6, 6.07) is 0.291. The molecule has 2 N–H and O–H groups in total. The summed E-state index contributed by atoms with van der Waals surface area (Å²) in [6.07, 6.45) is 2.73. The zero-order chi connectivity index (χ0) is 15.1. The lowest BCUT2D eigenvalue weighted by atomic mass is 10.1. The Morgan fingerprint density at radius 1 is 1.50 bits per heavy atom. The second kappa shape index (κ2) is 7.72. The minimum atomic E-state index is 0.291. The molecule has 0 aliphatic rings. The standard InChI is InChI=1S/C15H27N5/c1-7-9-17-15(16-8-2)18-11(3)10-14-12(4)19-20(6)13(14)5/h7,11H,1,8-10H2,2-6H3,(H2,16,17,18). The van der Waals surface area contributed by atoms with Crippen molar-refractivity contribution in [2.45, 2.75) is 40.2 Å². The molecule has 1 rings (SSSR count). The number of guanidine groups is 1. The third-order valence-electron chi connectivity index (χ3n) is 3.28. The number of nitrogens with one attached hydrogen (secondary N) is 2. The van der Waals surface area contributed by atoms with Crippen LogP contribution in [0.3, 0.4) is 0 Å². The van der Waals surface area contributed by atoms with Crippen molar-refractivity contribution < 1.29 is 0 Å². The van der Waals surface area contributed by atoms with Crippen LogP contribution in [-0.4, -0.2) is 34.9 Å². The van der Waals surface area contributed by atoms with E-state index in [0.29, 0.717) is 12.6 Å². The van der Waals surface area contributed by atoms with E-state index in [-0.39, 0.29) is 0 Å². The Hall–Kier alpha value is -1.78. The number of nitrogens with zero attached hydrogens (tertiary/aromatic N) is 3. The van der Waals surface area contributed by atoms with E-state index >= 15 is 0 Å². The molecule has 0 amide bonds. The summed E-state index contributed by atoms with van der Waals surface area (Å²) in [7, 11) is 1.99. The molecule has 0 aliphatic heterocycles. The van der Waals surface area contributed by atoms with Gasteiger partial charge in [-0.3, -0.25) is 4.68 Å². The molecule has 0 aromatic carbocycles. The number of hydrogen-bond acceptors (Lipinski definition) is 2. The maximum Gasteiger partial charge on any atom is 0.191 e. The van der Waals surface area contributed by atoms with E-state index in [0.717, 1.165) is 24.6 Å². The van der Waals surface area contributed by atoms with Gasteiger partial charge in [-0.1, -0.05) is 6.08 Å². The highest BCUT2D eigenvalue weighted by Crippen LogP contribution is 2.13. The van der Waals surface area contributed by atoms with Gasteiger partial charge in [0, 0.05) is 25.3 Å². The van der Waals surface area contributed by atoms with Gasteiger partial charge in [0.15, 0.2) is 5.96 Å². The molecule has 1 unspecified atom stereocenters. The zero-order valence-corrected chi connectivity index (χ0v) is 13.3.